The topological polar surface area (TPSA) is 39.2 Å². The van der Waals surface area contributed by atoms with Crippen molar-refractivity contribution in [3.8, 4) is 5.88 Å². The average Bonchev–Trinajstić information content (AvgIpc) is 2.84. The van der Waals surface area contributed by atoms with Gasteiger partial charge >= 0.3 is 0 Å². The van der Waals surface area contributed by atoms with Gasteiger partial charge in [-0.1, -0.05) is 0 Å². The third-order valence-corrected chi connectivity index (χ3v) is 4.11. The zero-order chi connectivity index (χ0) is 10.8. The molecule has 0 unspecified atom stereocenters. The molecule has 0 amide bonds. The average molecular weight is 304 g/mol. The molecule has 0 aliphatic rings. The summed E-state index contributed by atoms with van der Waals surface area (Å²) in [5.41, 5.74) is 0. The summed E-state index contributed by atoms with van der Waals surface area (Å²) in [6.07, 6.45) is 0. The standard InChI is InChI=1S/C9H6BrNO2S2/c1-13-8-4-6(15-11-8)9(12)5-2-3-7(10)14-5/h2-4H,1H3. The van der Waals surface area contributed by atoms with Crippen molar-refractivity contribution in [1.82, 2.24) is 4.37 Å². The van der Waals surface area contributed by atoms with Crippen LogP contribution in [0.25, 0.3) is 0 Å². The van der Waals surface area contributed by atoms with Crippen molar-refractivity contribution in [1.29, 1.82) is 0 Å². The SMILES string of the molecule is COc1cc(C(=O)c2ccc(Br)s2)sn1. The van der Waals surface area contributed by atoms with E-state index in [-0.39, 0.29) is 5.78 Å². The van der Waals surface area contributed by atoms with Crippen LogP contribution in [0.4, 0.5) is 0 Å². The summed E-state index contributed by atoms with van der Waals surface area (Å²) in [6, 6.07) is 5.31. The van der Waals surface area contributed by atoms with Gasteiger partial charge < -0.3 is 4.74 Å². The fourth-order valence-electron chi connectivity index (χ4n) is 1.02. The first-order chi connectivity index (χ1) is 7.20. The molecule has 3 nitrogen and oxygen atoms in total. The number of hydrogen-bond donors (Lipinski definition) is 0. The van der Waals surface area contributed by atoms with Gasteiger partial charge in [0.1, 0.15) is 4.88 Å². The molecule has 2 aromatic rings. The first-order valence-corrected chi connectivity index (χ1v) is 6.39. The van der Waals surface area contributed by atoms with Crippen molar-refractivity contribution in [3.05, 3.63) is 31.7 Å². The highest BCUT2D eigenvalue weighted by Gasteiger charge is 2.15. The molecule has 0 aromatic carbocycles. The van der Waals surface area contributed by atoms with Gasteiger partial charge in [0, 0.05) is 6.07 Å². The van der Waals surface area contributed by atoms with Gasteiger partial charge in [0.2, 0.25) is 11.7 Å². The van der Waals surface area contributed by atoms with Gasteiger partial charge in [-0.2, -0.15) is 4.37 Å². The van der Waals surface area contributed by atoms with E-state index in [1.54, 1.807) is 12.1 Å². The van der Waals surface area contributed by atoms with E-state index in [2.05, 4.69) is 20.3 Å². The second kappa shape index (κ2) is 4.42. The molecule has 78 valence electrons. The maximum absolute atomic E-state index is 11.9. The molecule has 0 atom stereocenters. The molecule has 0 fully saturated rings. The van der Waals surface area contributed by atoms with E-state index in [4.69, 9.17) is 4.74 Å². The number of halogens is 1. The van der Waals surface area contributed by atoms with Crippen LogP contribution < -0.4 is 4.74 Å². The van der Waals surface area contributed by atoms with E-state index in [1.165, 1.54) is 18.4 Å². The Kier molecular flexibility index (Phi) is 3.18. The van der Waals surface area contributed by atoms with E-state index in [9.17, 15) is 4.79 Å². The fraction of sp³-hybridized carbons (Fsp3) is 0.111. The van der Waals surface area contributed by atoms with Gasteiger partial charge in [0.15, 0.2) is 0 Å². The number of aromatic nitrogens is 1. The van der Waals surface area contributed by atoms with Crippen molar-refractivity contribution in [2.45, 2.75) is 0 Å². The van der Waals surface area contributed by atoms with Gasteiger partial charge in [-0.05, 0) is 39.6 Å². The molecular weight excluding hydrogens is 298 g/mol. The van der Waals surface area contributed by atoms with Crippen LogP contribution in [-0.2, 0) is 0 Å². The predicted octanol–water partition coefficient (Wildman–Crippen LogP) is 3.21. The molecule has 0 spiro atoms. The van der Waals surface area contributed by atoms with Crippen LogP contribution in [0.5, 0.6) is 5.88 Å². The van der Waals surface area contributed by atoms with Crippen molar-refractivity contribution in [3.63, 3.8) is 0 Å². The molecule has 0 saturated heterocycles. The van der Waals surface area contributed by atoms with Crippen LogP contribution in [0, 0.1) is 0 Å². The van der Waals surface area contributed by atoms with Crippen LogP contribution in [0.3, 0.4) is 0 Å². The van der Waals surface area contributed by atoms with Gasteiger partial charge in [0.25, 0.3) is 0 Å². The number of ketones is 1. The summed E-state index contributed by atoms with van der Waals surface area (Å²) in [4.78, 5) is 13.2. The molecule has 2 rings (SSSR count). The van der Waals surface area contributed by atoms with E-state index >= 15 is 0 Å². The summed E-state index contributed by atoms with van der Waals surface area (Å²) >= 11 is 5.89. The zero-order valence-corrected chi connectivity index (χ0v) is 10.9. The van der Waals surface area contributed by atoms with Crippen molar-refractivity contribution in [2.75, 3.05) is 7.11 Å². The molecule has 0 radical (unpaired) electrons. The number of rotatable bonds is 3. The van der Waals surface area contributed by atoms with Crippen LogP contribution in [0.2, 0.25) is 0 Å². The lowest BCUT2D eigenvalue weighted by Gasteiger charge is -1.90. The summed E-state index contributed by atoms with van der Waals surface area (Å²) in [5, 5.41) is 0. The number of hydrogen-bond acceptors (Lipinski definition) is 5. The quantitative estimate of drug-likeness (QED) is 0.817. The number of carbonyl (C=O) groups is 1. The smallest absolute Gasteiger partial charge is 0.225 e. The minimum atomic E-state index is -0.00787. The Bertz CT molecular complexity index is 492. The number of ether oxygens (including phenoxy) is 1. The van der Waals surface area contributed by atoms with Crippen LogP contribution in [0.15, 0.2) is 22.0 Å². The van der Waals surface area contributed by atoms with Gasteiger partial charge in [0.05, 0.1) is 15.8 Å². The molecule has 0 N–H and O–H groups in total. The number of thiophene rings is 1. The third kappa shape index (κ3) is 2.27. The van der Waals surface area contributed by atoms with E-state index in [0.717, 1.165) is 15.3 Å². The number of methoxy groups -OCH3 is 1. The number of carbonyl (C=O) groups excluding carboxylic acids is 1. The molecule has 0 bridgehead atoms. The molecule has 0 aliphatic heterocycles. The lowest BCUT2D eigenvalue weighted by atomic mass is 10.3. The Labute approximate surface area is 103 Å². The minimum absolute atomic E-state index is 0.00787. The monoisotopic (exact) mass is 303 g/mol. The second-order valence-corrected chi connectivity index (χ2v) is 5.93. The maximum Gasteiger partial charge on any atom is 0.225 e. The van der Waals surface area contributed by atoms with E-state index in [1.807, 2.05) is 6.07 Å². The number of nitrogens with zero attached hydrogens (tertiary/aromatic N) is 1. The maximum atomic E-state index is 11.9. The Morgan fingerprint density at radius 3 is 2.80 bits per heavy atom. The molecule has 2 heterocycles. The second-order valence-electron chi connectivity index (χ2n) is 2.67. The highest BCUT2D eigenvalue weighted by molar-refractivity contribution is 9.11. The van der Waals surface area contributed by atoms with Crippen molar-refractivity contribution < 1.29 is 9.53 Å². The Balaban J connectivity index is 2.28. The molecule has 15 heavy (non-hydrogen) atoms. The summed E-state index contributed by atoms with van der Waals surface area (Å²) < 4.78 is 9.85. The predicted molar refractivity (Wildman–Crippen MR) is 64.1 cm³/mol. The third-order valence-electron chi connectivity index (χ3n) is 1.72. The highest BCUT2D eigenvalue weighted by Crippen LogP contribution is 2.26. The van der Waals surface area contributed by atoms with E-state index in [0.29, 0.717) is 15.6 Å². The van der Waals surface area contributed by atoms with Gasteiger partial charge in [-0.3, -0.25) is 4.79 Å². The van der Waals surface area contributed by atoms with Crippen LogP contribution in [0.1, 0.15) is 14.5 Å². The largest absolute Gasteiger partial charge is 0.480 e. The molecule has 0 saturated carbocycles. The normalized spacial score (nSPS) is 10.3. The summed E-state index contributed by atoms with van der Waals surface area (Å²) in [6.45, 7) is 0. The zero-order valence-electron chi connectivity index (χ0n) is 7.69. The van der Waals surface area contributed by atoms with Crippen LogP contribution >= 0.6 is 38.8 Å². The highest BCUT2D eigenvalue weighted by atomic mass is 79.9. The summed E-state index contributed by atoms with van der Waals surface area (Å²) in [5.74, 6) is 0.477. The lowest BCUT2D eigenvalue weighted by molar-refractivity contribution is 0.104. The van der Waals surface area contributed by atoms with E-state index < -0.39 is 0 Å². The van der Waals surface area contributed by atoms with Crippen molar-refractivity contribution >= 4 is 44.6 Å². The lowest BCUT2D eigenvalue weighted by Crippen LogP contribution is -1.94. The minimum Gasteiger partial charge on any atom is -0.480 e. The Hall–Kier alpha value is -0.720. The Morgan fingerprint density at radius 1 is 1.47 bits per heavy atom. The first kappa shape index (κ1) is 10.8. The summed E-state index contributed by atoms with van der Waals surface area (Å²) in [7, 11) is 1.53. The fourth-order valence-corrected chi connectivity index (χ4v) is 3.09. The van der Waals surface area contributed by atoms with Gasteiger partial charge in [-0.15, -0.1) is 11.3 Å². The van der Waals surface area contributed by atoms with Crippen molar-refractivity contribution in [2.24, 2.45) is 0 Å². The molecule has 2 aromatic heterocycles. The molecule has 0 aliphatic carbocycles. The first-order valence-electron chi connectivity index (χ1n) is 4.01. The molecule has 6 heteroatoms. The molecular formula is C9H6BrNO2S2. The van der Waals surface area contributed by atoms with Gasteiger partial charge in [-0.25, -0.2) is 0 Å². The Morgan fingerprint density at radius 2 is 2.27 bits per heavy atom. The van der Waals surface area contributed by atoms with Crippen LogP contribution in [-0.4, -0.2) is 17.3 Å².